The molecule has 1 atom stereocenters. The summed E-state index contributed by atoms with van der Waals surface area (Å²) in [6.07, 6.45) is 5.41. The van der Waals surface area contributed by atoms with Crippen LogP contribution in [0.15, 0.2) is 30.3 Å². The number of benzene rings is 1. The molecule has 1 unspecified atom stereocenters. The van der Waals surface area contributed by atoms with E-state index in [1.807, 2.05) is 18.2 Å². The topological polar surface area (TPSA) is 35.2 Å². The van der Waals surface area contributed by atoms with Crippen molar-refractivity contribution in [2.75, 3.05) is 13.2 Å². The van der Waals surface area contributed by atoms with E-state index in [1.165, 1.54) is 25.7 Å². The van der Waals surface area contributed by atoms with E-state index in [0.29, 0.717) is 6.61 Å². The lowest BCUT2D eigenvalue weighted by Crippen LogP contribution is -2.19. The lowest BCUT2D eigenvalue weighted by molar-refractivity contribution is 0.0962. The van der Waals surface area contributed by atoms with E-state index in [1.54, 1.807) is 0 Å². The molecule has 0 heterocycles. The van der Waals surface area contributed by atoms with Gasteiger partial charge >= 0.3 is 0 Å². The fourth-order valence-corrected chi connectivity index (χ4v) is 2.04. The normalized spacial score (nSPS) is 18.1. The molecule has 88 valence electrons. The van der Waals surface area contributed by atoms with Gasteiger partial charge in [0.05, 0.1) is 12.6 Å². The summed E-state index contributed by atoms with van der Waals surface area (Å²) in [6, 6.07) is 10.2. The Hall–Kier alpha value is -0.860. The predicted octanol–water partition coefficient (Wildman–Crippen LogP) is 2.89. The lowest BCUT2D eigenvalue weighted by atomic mass is 9.83. The summed E-state index contributed by atoms with van der Waals surface area (Å²) in [5.74, 6) is 0.924. The highest BCUT2D eigenvalue weighted by Crippen LogP contribution is 2.29. The quantitative estimate of drug-likeness (QED) is 0.747. The SMILES string of the molecule is NC(COCCC1CCC1)c1ccccc1. The number of rotatable bonds is 6. The first kappa shape index (κ1) is 11.6. The van der Waals surface area contributed by atoms with Crippen LogP contribution in [0.2, 0.25) is 0 Å². The molecule has 0 aromatic heterocycles. The van der Waals surface area contributed by atoms with E-state index >= 15 is 0 Å². The molecule has 0 saturated heterocycles. The first-order valence-corrected chi connectivity index (χ1v) is 6.24. The Morgan fingerprint density at radius 2 is 2.00 bits per heavy atom. The molecular formula is C14H21NO. The van der Waals surface area contributed by atoms with Crippen LogP contribution in [0, 0.1) is 5.92 Å². The molecule has 0 aliphatic heterocycles. The summed E-state index contributed by atoms with van der Waals surface area (Å²) in [7, 11) is 0. The van der Waals surface area contributed by atoms with Crippen LogP contribution in [-0.2, 0) is 4.74 Å². The van der Waals surface area contributed by atoms with Crippen molar-refractivity contribution in [3.8, 4) is 0 Å². The van der Waals surface area contributed by atoms with Gasteiger partial charge < -0.3 is 10.5 Å². The molecule has 2 nitrogen and oxygen atoms in total. The van der Waals surface area contributed by atoms with Crippen molar-refractivity contribution in [1.29, 1.82) is 0 Å². The highest BCUT2D eigenvalue weighted by Gasteiger charge is 2.16. The van der Waals surface area contributed by atoms with Crippen LogP contribution in [0.3, 0.4) is 0 Å². The van der Waals surface area contributed by atoms with Crippen LogP contribution < -0.4 is 5.73 Å². The molecule has 2 rings (SSSR count). The van der Waals surface area contributed by atoms with E-state index in [-0.39, 0.29) is 6.04 Å². The van der Waals surface area contributed by atoms with Gasteiger partial charge in [0.1, 0.15) is 0 Å². The fourth-order valence-electron chi connectivity index (χ4n) is 2.04. The molecule has 0 amide bonds. The minimum Gasteiger partial charge on any atom is -0.379 e. The highest BCUT2D eigenvalue weighted by atomic mass is 16.5. The minimum absolute atomic E-state index is 0.0163. The van der Waals surface area contributed by atoms with Crippen molar-refractivity contribution in [2.45, 2.75) is 31.7 Å². The number of hydrogen-bond acceptors (Lipinski definition) is 2. The maximum Gasteiger partial charge on any atom is 0.0659 e. The average molecular weight is 219 g/mol. The van der Waals surface area contributed by atoms with Crippen molar-refractivity contribution in [1.82, 2.24) is 0 Å². The Labute approximate surface area is 97.8 Å². The predicted molar refractivity (Wildman–Crippen MR) is 66.1 cm³/mol. The Morgan fingerprint density at radius 3 is 2.62 bits per heavy atom. The van der Waals surface area contributed by atoms with Crippen molar-refractivity contribution in [3.05, 3.63) is 35.9 Å². The van der Waals surface area contributed by atoms with Crippen molar-refractivity contribution in [3.63, 3.8) is 0 Å². The van der Waals surface area contributed by atoms with Gasteiger partial charge in [0.15, 0.2) is 0 Å². The second kappa shape index (κ2) is 6.02. The zero-order valence-electron chi connectivity index (χ0n) is 9.77. The summed E-state index contributed by atoms with van der Waals surface area (Å²) in [5.41, 5.74) is 7.19. The minimum atomic E-state index is 0.0163. The number of hydrogen-bond donors (Lipinski definition) is 1. The van der Waals surface area contributed by atoms with E-state index in [9.17, 15) is 0 Å². The van der Waals surface area contributed by atoms with Crippen LogP contribution in [0.4, 0.5) is 0 Å². The third kappa shape index (κ3) is 3.32. The summed E-state index contributed by atoms with van der Waals surface area (Å²) in [6.45, 7) is 1.50. The first-order chi connectivity index (χ1) is 7.86. The van der Waals surface area contributed by atoms with Gasteiger partial charge in [-0.25, -0.2) is 0 Å². The van der Waals surface area contributed by atoms with Crippen LogP contribution in [0.5, 0.6) is 0 Å². The van der Waals surface area contributed by atoms with Gasteiger partial charge in [0.2, 0.25) is 0 Å². The molecule has 1 aliphatic carbocycles. The van der Waals surface area contributed by atoms with Gasteiger partial charge in [-0.3, -0.25) is 0 Å². The van der Waals surface area contributed by atoms with E-state index in [0.717, 1.165) is 18.1 Å². The van der Waals surface area contributed by atoms with Gasteiger partial charge in [0.25, 0.3) is 0 Å². The van der Waals surface area contributed by atoms with Crippen LogP contribution >= 0.6 is 0 Å². The smallest absolute Gasteiger partial charge is 0.0659 e. The molecule has 16 heavy (non-hydrogen) atoms. The van der Waals surface area contributed by atoms with E-state index in [4.69, 9.17) is 10.5 Å². The van der Waals surface area contributed by atoms with Gasteiger partial charge in [-0.1, -0.05) is 49.6 Å². The second-order valence-corrected chi connectivity index (χ2v) is 4.68. The van der Waals surface area contributed by atoms with Crippen LogP contribution in [0.1, 0.15) is 37.3 Å². The summed E-state index contributed by atoms with van der Waals surface area (Å²) in [4.78, 5) is 0. The molecular weight excluding hydrogens is 198 g/mol. The van der Waals surface area contributed by atoms with Gasteiger partial charge in [-0.05, 0) is 17.9 Å². The monoisotopic (exact) mass is 219 g/mol. The molecule has 0 bridgehead atoms. The summed E-state index contributed by atoms with van der Waals surface area (Å²) >= 11 is 0. The Balaban J connectivity index is 1.62. The Morgan fingerprint density at radius 1 is 1.25 bits per heavy atom. The summed E-state index contributed by atoms with van der Waals surface area (Å²) in [5, 5.41) is 0. The van der Waals surface area contributed by atoms with Gasteiger partial charge in [0, 0.05) is 6.61 Å². The zero-order chi connectivity index (χ0) is 11.2. The van der Waals surface area contributed by atoms with Gasteiger partial charge in [-0.2, -0.15) is 0 Å². The molecule has 1 saturated carbocycles. The third-order valence-electron chi connectivity index (χ3n) is 3.42. The van der Waals surface area contributed by atoms with Crippen LogP contribution in [0.25, 0.3) is 0 Å². The molecule has 1 fully saturated rings. The maximum absolute atomic E-state index is 6.03. The zero-order valence-corrected chi connectivity index (χ0v) is 9.77. The van der Waals surface area contributed by atoms with Crippen molar-refractivity contribution < 1.29 is 4.74 Å². The molecule has 0 spiro atoms. The molecule has 1 aromatic rings. The summed E-state index contributed by atoms with van der Waals surface area (Å²) < 4.78 is 5.63. The van der Waals surface area contributed by atoms with E-state index in [2.05, 4.69) is 12.1 Å². The fraction of sp³-hybridized carbons (Fsp3) is 0.571. The lowest BCUT2D eigenvalue weighted by Gasteiger charge is -2.25. The Bertz CT molecular complexity index is 295. The van der Waals surface area contributed by atoms with Gasteiger partial charge in [-0.15, -0.1) is 0 Å². The molecule has 2 N–H and O–H groups in total. The number of nitrogens with two attached hydrogens (primary N) is 1. The molecule has 2 heteroatoms. The highest BCUT2D eigenvalue weighted by molar-refractivity contribution is 5.18. The number of ether oxygens (including phenoxy) is 1. The van der Waals surface area contributed by atoms with Crippen LogP contribution in [-0.4, -0.2) is 13.2 Å². The maximum atomic E-state index is 6.03. The third-order valence-corrected chi connectivity index (χ3v) is 3.42. The first-order valence-electron chi connectivity index (χ1n) is 6.24. The standard InChI is InChI=1S/C14H21NO/c15-14(13-7-2-1-3-8-13)11-16-10-9-12-5-4-6-12/h1-3,7-8,12,14H,4-6,9-11,15H2. The molecule has 0 radical (unpaired) electrons. The Kier molecular flexibility index (Phi) is 4.37. The van der Waals surface area contributed by atoms with Crippen molar-refractivity contribution in [2.24, 2.45) is 11.7 Å². The molecule has 1 aromatic carbocycles. The van der Waals surface area contributed by atoms with Crippen molar-refractivity contribution >= 4 is 0 Å². The average Bonchev–Trinajstić information content (AvgIpc) is 2.27. The largest absolute Gasteiger partial charge is 0.379 e. The second-order valence-electron chi connectivity index (χ2n) is 4.68. The molecule has 1 aliphatic rings. The van der Waals surface area contributed by atoms with E-state index < -0.39 is 0 Å².